The van der Waals surface area contributed by atoms with Crippen molar-refractivity contribution in [3.05, 3.63) is 139 Å². The summed E-state index contributed by atoms with van der Waals surface area (Å²) in [7, 11) is 0. The van der Waals surface area contributed by atoms with Crippen LogP contribution in [0.15, 0.2) is 134 Å². The zero-order valence-corrected chi connectivity index (χ0v) is 37.2. The van der Waals surface area contributed by atoms with Crippen LogP contribution in [0.3, 0.4) is 0 Å². The summed E-state index contributed by atoms with van der Waals surface area (Å²) in [5.41, 5.74) is 12.2. The minimum atomic E-state index is -0.385. The molecule has 336 valence electrons. The number of rotatable bonds is 8. The van der Waals surface area contributed by atoms with Crippen LogP contribution in [0.5, 0.6) is 23.0 Å². The van der Waals surface area contributed by atoms with Gasteiger partial charge >= 0.3 is 0 Å². The number of hydrogen-bond acceptors (Lipinski definition) is 11. The van der Waals surface area contributed by atoms with Crippen LogP contribution in [-0.4, -0.2) is 67.1 Å². The number of nitrogens with two attached hydrogens (primary N) is 1. The van der Waals surface area contributed by atoms with Crippen LogP contribution in [0.25, 0.3) is 44.3 Å². The SMILES string of the molecule is Clc1ncnc2c1c(-c1ccc(Oc3ccccc3)cc1)cn2C1CCC2(CC1)OCCO2.Nc1ncnc2c1c(-c1ccc(Oc3ccccc3)cc1)cn2C1CCC2(CC1)OCCO2. The van der Waals surface area contributed by atoms with E-state index < -0.39 is 0 Å². The van der Waals surface area contributed by atoms with E-state index in [-0.39, 0.29) is 11.6 Å². The standard InChI is InChI=1S/C26H24ClN3O3.C26H26N4O3/c2*27-24-23-22(18-6-8-21(9-7-18)33-20-4-2-1-3-5-20)16-30(25(23)29-17-28-24)19-10-12-26(13-11-19)31-14-15-32-26/h1-9,16-17,19H,10-15H2;1-9,16-17,19H,10-15H2,(H2,27,28,29). The van der Waals surface area contributed by atoms with Crippen molar-refractivity contribution in [2.45, 2.75) is 75.0 Å². The van der Waals surface area contributed by atoms with E-state index in [4.69, 9.17) is 45.8 Å². The Hall–Kier alpha value is -6.35. The van der Waals surface area contributed by atoms with Crippen molar-refractivity contribution in [3.63, 3.8) is 0 Å². The molecule has 2 saturated heterocycles. The zero-order valence-electron chi connectivity index (χ0n) is 36.4. The van der Waals surface area contributed by atoms with Gasteiger partial charge in [0.05, 0.1) is 37.2 Å². The molecule has 2 aliphatic carbocycles. The van der Waals surface area contributed by atoms with E-state index in [2.05, 4.69) is 65.7 Å². The molecule has 0 radical (unpaired) electrons. The highest BCUT2D eigenvalue weighted by Crippen LogP contribution is 2.45. The van der Waals surface area contributed by atoms with Crippen LogP contribution in [0.2, 0.25) is 5.15 Å². The topological polar surface area (TPSA) is 143 Å². The third kappa shape index (κ3) is 8.49. The van der Waals surface area contributed by atoms with Gasteiger partial charge in [-0.1, -0.05) is 72.3 Å². The molecule has 66 heavy (non-hydrogen) atoms. The molecule has 12 rings (SSSR count). The van der Waals surface area contributed by atoms with Crippen molar-refractivity contribution in [1.29, 1.82) is 0 Å². The summed E-state index contributed by atoms with van der Waals surface area (Å²) in [6, 6.07) is 36.3. The Labute approximate surface area is 387 Å². The second kappa shape index (κ2) is 18.1. The molecule has 4 fully saturated rings. The Bertz CT molecular complexity index is 2710. The maximum Gasteiger partial charge on any atom is 0.168 e. The number of ether oxygens (including phenoxy) is 6. The van der Waals surface area contributed by atoms with Gasteiger partial charge in [0.1, 0.15) is 57.9 Å². The van der Waals surface area contributed by atoms with Crippen molar-refractivity contribution in [1.82, 2.24) is 29.1 Å². The normalized spacial score (nSPS) is 19.0. The Morgan fingerprint density at radius 2 is 0.894 bits per heavy atom. The first-order chi connectivity index (χ1) is 32.4. The lowest BCUT2D eigenvalue weighted by Gasteiger charge is -2.36. The average molecular weight is 904 g/mol. The Kier molecular flexibility index (Phi) is 11.6. The third-order valence-electron chi connectivity index (χ3n) is 13.3. The molecule has 0 bridgehead atoms. The number of para-hydroxylation sites is 2. The van der Waals surface area contributed by atoms with E-state index in [1.807, 2.05) is 84.9 Å². The summed E-state index contributed by atoms with van der Waals surface area (Å²) in [5, 5.41) is 2.24. The molecule has 4 aromatic heterocycles. The number of hydrogen-bond donors (Lipinski definition) is 1. The Morgan fingerprint density at radius 3 is 1.35 bits per heavy atom. The number of benzene rings is 4. The molecule has 0 unspecified atom stereocenters. The molecule has 2 aliphatic heterocycles. The summed E-state index contributed by atoms with van der Waals surface area (Å²) >= 11 is 6.57. The van der Waals surface area contributed by atoms with Crippen molar-refractivity contribution in [2.24, 2.45) is 0 Å². The molecular formula is C52H50ClN7O6. The maximum absolute atomic E-state index is 6.57. The highest BCUT2D eigenvalue weighted by atomic mass is 35.5. The number of nitrogens with zero attached hydrogens (tertiary/aromatic N) is 6. The van der Waals surface area contributed by atoms with Crippen molar-refractivity contribution >= 4 is 39.5 Å². The molecule has 8 aromatic rings. The first kappa shape index (κ1) is 42.3. The summed E-state index contributed by atoms with van der Waals surface area (Å²) in [6.07, 6.45) is 14.8. The molecule has 14 heteroatoms. The molecule has 0 atom stereocenters. The summed E-state index contributed by atoms with van der Waals surface area (Å²) < 4.78 is 40.1. The fraction of sp³-hybridized carbons (Fsp3) is 0.308. The van der Waals surface area contributed by atoms with Crippen LogP contribution in [0.4, 0.5) is 5.82 Å². The Balaban J connectivity index is 0.000000146. The van der Waals surface area contributed by atoms with Gasteiger partial charge in [-0.25, -0.2) is 19.9 Å². The average Bonchev–Trinajstić information content (AvgIpc) is 4.18. The van der Waals surface area contributed by atoms with Crippen LogP contribution >= 0.6 is 11.6 Å². The van der Waals surface area contributed by atoms with Crippen molar-refractivity contribution < 1.29 is 28.4 Å². The fourth-order valence-corrected chi connectivity index (χ4v) is 10.2. The molecule has 2 saturated carbocycles. The highest BCUT2D eigenvalue weighted by molar-refractivity contribution is 6.35. The highest BCUT2D eigenvalue weighted by Gasteiger charge is 2.42. The van der Waals surface area contributed by atoms with E-state index in [0.717, 1.165) is 119 Å². The molecular weight excluding hydrogens is 854 g/mol. The lowest BCUT2D eigenvalue weighted by Crippen LogP contribution is -2.35. The molecule has 0 amide bonds. The minimum Gasteiger partial charge on any atom is -0.457 e. The number of fused-ring (bicyclic) bond motifs is 2. The van der Waals surface area contributed by atoms with Gasteiger partial charge in [0.25, 0.3) is 0 Å². The van der Waals surface area contributed by atoms with E-state index >= 15 is 0 Å². The maximum atomic E-state index is 6.57. The van der Waals surface area contributed by atoms with Gasteiger partial charge in [-0.2, -0.15) is 0 Å². The van der Waals surface area contributed by atoms with Crippen LogP contribution in [0.1, 0.15) is 63.5 Å². The van der Waals surface area contributed by atoms with Gasteiger partial charge in [0.15, 0.2) is 11.6 Å². The third-order valence-corrected chi connectivity index (χ3v) is 13.6. The van der Waals surface area contributed by atoms with Gasteiger partial charge < -0.3 is 43.3 Å². The first-order valence-electron chi connectivity index (χ1n) is 22.8. The van der Waals surface area contributed by atoms with Crippen LogP contribution < -0.4 is 15.2 Å². The monoisotopic (exact) mass is 903 g/mol. The van der Waals surface area contributed by atoms with Gasteiger partial charge in [0.2, 0.25) is 0 Å². The molecule has 2 N–H and O–H groups in total. The smallest absolute Gasteiger partial charge is 0.168 e. The predicted octanol–water partition coefficient (Wildman–Crippen LogP) is 11.7. The van der Waals surface area contributed by atoms with Crippen molar-refractivity contribution in [3.8, 4) is 45.3 Å². The number of anilines is 1. The van der Waals surface area contributed by atoms with Gasteiger partial charge in [-0.15, -0.1) is 0 Å². The lowest BCUT2D eigenvalue weighted by atomic mass is 9.90. The summed E-state index contributed by atoms with van der Waals surface area (Å²) in [6.45, 7) is 2.76. The van der Waals surface area contributed by atoms with E-state index in [1.165, 1.54) is 6.33 Å². The predicted molar refractivity (Wildman–Crippen MR) is 253 cm³/mol. The largest absolute Gasteiger partial charge is 0.457 e. The fourth-order valence-electron chi connectivity index (χ4n) is 10.0. The molecule has 2 spiro atoms. The van der Waals surface area contributed by atoms with Gasteiger partial charge in [-0.05, 0) is 85.3 Å². The Morgan fingerprint density at radius 1 is 0.500 bits per heavy atom. The molecule has 4 aromatic carbocycles. The molecule has 4 aliphatic rings. The molecule has 6 heterocycles. The van der Waals surface area contributed by atoms with Gasteiger partial charge in [-0.3, -0.25) is 0 Å². The minimum absolute atomic E-state index is 0.311. The van der Waals surface area contributed by atoms with Gasteiger partial charge in [0, 0.05) is 61.3 Å². The van der Waals surface area contributed by atoms with E-state index in [0.29, 0.717) is 49.5 Å². The first-order valence-corrected chi connectivity index (χ1v) is 23.1. The van der Waals surface area contributed by atoms with Crippen LogP contribution in [-0.2, 0) is 18.9 Å². The summed E-state index contributed by atoms with van der Waals surface area (Å²) in [4.78, 5) is 17.7. The molecule has 13 nitrogen and oxygen atoms in total. The quantitative estimate of drug-likeness (QED) is 0.146. The van der Waals surface area contributed by atoms with E-state index in [9.17, 15) is 0 Å². The summed E-state index contributed by atoms with van der Waals surface area (Å²) in [5.74, 6) is 2.91. The zero-order chi connectivity index (χ0) is 44.5. The van der Waals surface area contributed by atoms with Crippen LogP contribution in [0, 0.1) is 0 Å². The lowest BCUT2D eigenvalue weighted by molar-refractivity contribution is -0.181. The second-order valence-electron chi connectivity index (χ2n) is 17.3. The number of nitrogen functional groups attached to an aromatic ring is 1. The number of aromatic nitrogens is 6. The van der Waals surface area contributed by atoms with E-state index in [1.54, 1.807) is 6.33 Å². The van der Waals surface area contributed by atoms with Crippen molar-refractivity contribution in [2.75, 3.05) is 32.2 Å². The number of halogens is 1. The second-order valence-corrected chi connectivity index (χ2v) is 17.6.